The van der Waals surface area contributed by atoms with Crippen LogP contribution in [-0.4, -0.2) is 23.3 Å². The van der Waals surface area contributed by atoms with Crippen molar-refractivity contribution in [2.75, 3.05) is 6.26 Å². The van der Waals surface area contributed by atoms with E-state index in [4.69, 9.17) is 4.74 Å². The summed E-state index contributed by atoms with van der Waals surface area (Å²) in [5, 5.41) is 9.35. The summed E-state index contributed by atoms with van der Waals surface area (Å²) in [6.07, 6.45) is 6.64. The second-order valence-corrected chi connectivity index (χ2v) is 6.67. The summed E-state index contributed by atoms with van der Waals surface area (Å²) in [5.74, 6) is -2.49. The zero-order chi connectivity index (χ0) is 15.7. The third kappa shape index (κ3) is 2.77. The Kier molecular flexibility index (Phi) is 4.25. The molecule has 1 N–H and O–H groups in total. The Morgan fingerprint density at radius 2 is 1.82 bits per heavy atom. The minimum atomic E-state index is -0.900. The van der Waals surface area contributed by atoms with Gasteiger partial charge in [0.25, 0.3) is 0 Å². The highest BCUT2D eigenvalue weighted by Crippen LogP contribution is 2.48. The molecule has 3 rings (SSSR count). The fraction of sp³-hybridized carbons (Fsp3) is 0.412. The van der Waals surface area contributed by atoms with Crippen LogP contribution in [0.25, 0.3) is 0 Å². The first-order chi connectivity index (χ1) is 10.6. The van der Waals surface area contributed by atoms with Crippen LogP contribution < -0.4 is 0 Å². The number of carboxylic acid groups (broad SMARTS) is 1. The molecule has 2 aliphatic rings. The molecule has 1 fully saturated rings. The van der Waals surface area contributed by atoms with E-state index < -0.39 is 23.8 Å². The standard InChI is InChI=1S/C17H18O4S/c1-22-13-6-2-10(3-7-13)9-21-17(20)15-12-5-4-11(8-12)14(15)16(18)19/h2-7,11-12,14-15H,8-9H2,1H3,(H,18,19)/t11-,12+,14-,15-/m0/s1. The maximum atomic E-state index is 12.3. The van der Waals surface area contributed by atoms with Gasteiger partial charge in [-0.2, -0.15) is 0 Å². The summed E-state index contributed by atoms with van der Waals surface area (Å²) in [7, 11) is 0. The molecule has 0 radical (unpaired) electrons. The van der Waals surface area contributed by atoms with Gasteiger partial charge in [0.15, 0.2) is 0 Å². The smallest absolute Gasteiger partial charge is 0.310 e. The highest BCUT2D eigenvalue weighted by molar-refractivity contribution is 7.98. The molecule has 5 heteroatoms. The number of benzene rings is 1. The van der Waals surface area contributed by atoms with Crippen LogP contribution >= 0.6 is 11.8 Å². The number of aliphatic carboxylic acids is 1. The topological polar surface area (TPSA) is 63.6 Å². The molecular formula is C17H18O4S. The molecule has 0 saturated heterocycles. The van der Waals surface area contributed by atoms with E-state index in [1.165, 1.54) is 0 Å². The molecule has 0 aromatic heterocycles. The number of hydrogen-bond donors (Lipinski definition) is 1. The molecule has 0 aliphatic heterocycles. The van der Waals surface area contributed by atoms with Crippen LogP contribution in [-0.2, 0) is 20.9 Å². The summed E-state index contributed by atoms with van der Waals surface area (Å²) >= 11 is 1.65. The Balaban J connectivity index is 1.64. The lowest BCUT2D eigenvalue weighted by atomic mass is 9.83. The van der Waals surface area contributed by atoms with Gasteiger partial charge in [-0.25, -0.2) is 0 Å². The van der Waals surface area contributed by atoms with E-state index in [9.17, 15) is 14.7 Å². The van der Waals surface area contributed by atoms with Crippen LogP contribution in [0.5, 0.6) is 0 Å². The molecule has 22 heavy (non-hydrogen) atoms. The Hall–Kier alpha value is -1.75. The third-order valence-electron chi connectivity index (χ3n) is 4.56. The molecule has 4 atom stereocenters. The number of carbonyl (C=O) groups is 2. The number of thioether (sulfide) groups is 1. The quantitative estimate of drug-likeness (QED) is 0.514. The van der Waals surface area contributed by atoms with E-state index in [2.05, 4.69) is 0 Å². The summed E-state index contributed by atoms with van der Waals surface area (Å²) in [6, 6.07) is 7.81. The highest BCUT2D eigenvalue weighted by atomic mass is 32.2. The van der Waals surface area contributed by atoms with Gasteiger partial charge < -0.3 is 9.84 Å². The van der Waals surface area contributed by atoms with Crippen LogP contribution in [0.2, 0.25) is 0 Å². The fourth-order valence-corrected chi connectivity index (χ4v) is 3.86. The molecule has 2 aliphatic carbocycles. The van der Waals surface area contributed by atoms with Crippen LogP contribution in [0.3, 0.4) is 0 Å². The molecule has 1 aromatic carbocycles. The van der Waals surface area contributed by atoms with Crippen molar-refractivity contribution in [1.29, 1.82) is 0 Å². The molecule has 1 aromatic rings. The number of fused-ring (bicyclic) bond motifs is 2. The second kappa shape index (κ2) is 6.16. The second-order valence-electron chi connectivity index (χ2n) is 5.79. The lowest BCUT2D eigenvalue weighted by molar-refractivity contribution is -0.159. The van der Waals surface area contributed by atoms with E-state index in [1.54, 1.807) is 11.8 Å². The summed E-state index contributed by atoms with van der Waals surface area (Å²) in [5.41, 5.74) is 0.914. The van der Waals surface area contributed by atoms with E-state index in [0.29, 0.717) is 0 Å². The van der Waals surface area contributed by atoms with Gasteiger partial charge in [0.05, 0.1) is 11.8 Å². The Morgan fingerprint density at radius 3 is 2.41 bits per heavy atom. The van der Waals surface area contributed by atoms with Crippen molar-refractivity contribution in [2.24, 2.45) is 23.7 Å². The van der Waals surface area contributed by atoms with Gasteiger partial charge in [0.1, 0.15) is 6.61 Å². The zero-order valence-electron chi connectivity index (χ0n) is 12.3. The van der Waals surface area contributed by atoms with E-state index in [0.717, 1.165) is 16.9 Å². The summed E-state index contributed by atoms with van der Waals surface area (Å²) in [4.78, 5) is 24.9. The third-order valence-corrected chi connectivity index (χ3v) is 5.30. The molecule has 116 valence electrons. The lowest BCUT2D eigenvalue weighted by Crippen LogP contribution is -2.34. The van der Waals surface area contributed by atoms with E-state index >= 15 is 0 Å². The number of hydrogen-bond acceptors (Lipinski definition) is 4. The fourth-order valence-electron chi connectivity index (χ4n) is 3.45. The highest BCUT2D eigenvalue weighted by Gasteiger charge is 2.52. The molecule has 0 heterocycles. The molecular weight excluding hydrogens is 300 g/mol. The van der Waals surface area contributed by atoms with Gasteiger partial charge in [0, 0.05) is 4.90 Å². The van der Waals surface area contributed by atoms with Gasteiger partial charge >= 0.3 is 11.9 Å². The lowest BCUT2D eigenvalue weighted by Gasteiger charge is -2.23. The van der Waals surface area contributed by atoms with Crippen LogP contribution in [0.4, 0.5) is 0 Å². The minimum Gasteiger partial charge on any atom is -0.481 e. The van der Waals surface area contributed by atoms with Crippen molar-refractivity contribution >= 4 is 23.7 Å². The van der Waals surface area contributed by atoms with Gasteiger partial charge in [-0.05, 0) is 42.2 Å². The van der Waals surface area contributed by atoms with Gasteiger partial charge in [0.2, 0.25) is 0 Å². The van der Waals surface area contributed by atoms with Crippen molar-refractivity contribution in [3.05, 3.63) is 42.0 Å². The van der Waals surface area contributed by atoms with Crippen LogP contribution in [0.15, 0.2) is 41.3 Å². The monoisotopic (exact) mass is 318 g/mol. The zero-order valence-corrected chi connectivity index (χ0v) is 13.1. The Morgan fingerprint density at radius 1 is 1.18 bits per heavy atom. The molecule has 0 unspecified atom stereocenters. The first-order valence-corrected chi connectivity index (χ1v) is 8.53. The van der Waals surface area contributed by atoms with Crippen molar-refractivity contribution < 1.29 is 19.4 Å². The maximum absolute atomic E-state index is 12.3. The van der Waals surface area contributed by atoms with Crippen LogP contribution in [0.1, 0.15) is 12.0 Å². The Labute approximate surface area is 133 Å². The largest absolute Gasteiger partial charge is 0.481 e. The number of carbonyl (C=O) groups excluding carboxylic acids is 1. The molecule has 0 spiro atoms. The number of allylic oxidation sites excluding steroid dienone is 2. The first-order valence-electron chi connectivity index (χ1n) is 7.31. The SMILES string of the molecule is CSc1ccc(COC(=O)[C@@H]2[C@@H](C(=O)O)[C@H]3C=C[C@@H]2C3)cc1. The van der Waals surface area contributed by atoms with Crippen molar-refractivity contribution in [3.63, 3.8) is 0 Å². The maximum Gasteiger partial charge on any atom is 0.310 e. The van der Waals surface area contributed by atoms with E-state index in [-0.39, 0.29) is 18.4 Å². The van der Waals surface area contributed by atoms with Crippen molar-refractivity contribution in [1.82, 2.24) is 0 Å². The van der Waals surface area contributed by atoms with Crippen molar-refractivity contribution in [2.45, 2.75) is 17.9 Å². The summed E-state index contributed by atoms with van der Waals surface area (Å²) in [6.45, 7) is 0.192. The average Bonchev–Trinajstić information content (AvgIpc) is 3.14. The normalized spacial score (nSPS) is 28.8. The average molecular weight is 318 g/mol. The molecule has 2 bridgehead atoms. The predicted octanol–water partition coefficient (Wildman–Crippen LogP) is 2.97. The van der Waals surface area contributed by atoms with Gasteiger partial charge in [-0.3, -0.25) is 9.59 Å². The molecule has 0 amide bonds. The number of rotatable bonds is 5. The van der Waals surface area contributed by atoms with E-state index in [1.807, 2.05) is 42.7 Å². The predicted molar refractivity (Wildman–Crippen MR) is 83.4 cm³/mol. The number of esters is 1. The summed E-state index contributed by atoms with van der Waals surface area (Å²) < 4.78 is 5.38. The van der Waals surface area contributed by atoms with Crippen LogP contribution in [0, 0.1) is 23.7 Å². The van der Waals surface area contributed by atoms with Gasteiger partial charge in [-0.1, -0.05) is 24.3 Å². The Bertz CT molecular complexity index is 608. The minimum absolute atomic E-state index is 0.0115. The first kappa shape index (κ1) is 15.2. The molecule has 4 nitrogen and oxygen atoms in total. The van der Waals surface area contributed by atoms with Crippen molar-refractivity contribution in [3.8, 4) is 0 Å². The number of carboxylic acids is 1. The molecule has 1 saturated carbocycles. The number of ether oxygens (including phenoxy) is 1. The van der Waals surface area contributed by atoms with Gasteiger partial charge in [-0.15, -0.1) is 11.8 Å².